The molecule has 1 N–H and O–H groups in total. The van der Waals surface area contributed by atoms with Gasteiger partial charge in [0.15, 0.2) is 0 Å². The first-order valence-corrected chi connectivity index (χ1v) is 8.69. The van der Waals surface area contributed by atoms with Crippen LogP contribution in [0.5, 0.6) is 0 Å². The lowest BCUT2D eigenvalue weighted by Gasteiger charge is -2.35. The first kappa shape index (κ1) is 13.7. The van der Waals surface area contributed by atoms with E-state index >= 15 is 0 Å². The molecule has 0 amide bonds. The van der Waals surface area contributed by atoms with Gasteiger partial charge in [-0.15, -0.1) is 0 Å². The van der Waals surface area contributed by atoms with E-state index in [2.05, 4.69) is 25.9 Å². The molecule has 2 aromatic rings. The molecule has 4 nitrogen and oxygen atoms in total. The Labute approximate surface area is 133 Å². The van der Waals surface area contributed by atoms with Crippen LogP contribution in [-0.2, 0) is 0 Å². The number of hydrogen-bond donors (Lipinski definition) is 1. The molecule has 1 aliphatic carbocycles. The van der Waals surface area contributed by atoms with Gasteiger partial charge in [-0.25, -0.2) is 0 Å². The highest BCUT2D eigenvalue weighted by molar-refractivity contribution is 7.00. The van der Waals surface area contributed by atoms with E-state index in [1.807, 2.05) is 12.1 Å². The van der Waals surface area contributed by atoms with E-state index in [1.54, 1.807) is 0 Å². The summed E-state index contributed by atoms with van der Waals surface area (Å²) >= 11 is 7.77. The van der Waals surface area contributed by atoms with Crippen molar-refractivity contribution in [1.29, 1.82) is 0 Å². The van der Waals surface area contributed by atoms with Crippen LogP contribution in [0, 0.1) is 5.92 Å². The SMILES string of the molecule is CC1(C2CC2)CN(c2c(Cl)ccc3nsnc23)CCCN1. The van der Waals surface area contributed by atoms with Gasteiger partial charge in [0.1, 0.15) is 11.0 Å². The van der Waals surface area contributed by atoms with Crippen LogP contribution in [0.15, 0.2) is 12.1 Å². The second kappa shape index (κ2) is 5.07. The number of rotatable bonds is 2. The van der Waals surface area contributed by atoms with Crippen molar-refractivity contribution in [3.63, 3.8) is 0 Å². The lowest BCUT2D eigenvalue weighted by Crippen LogP contribution is -2.51. The zero-order valence-electron chi connectivity index (χ0n) is 12.1. The number of benzene rings is 1. The van der Waals surface area contributed by atoms with Crippen LogP contribution < -0.4 is 10.2 Å². The minimum atomic E-state index is 0.186. The normalized spacial score (nSPS) is 27.0. The maximum Gasteiger partial charge on any atom is 0.129 e. The molecular weight excluding hydrogens is 304 g/mol. The van der Waals surface area contributed by atoms with Gasteiger partial charge in [0, 0.05) is 18.6 Å². The molecule has 0 bridgehead atoms. The number of nitrogens with one attached hydrogen (secondary N) is 1. The Morgan fingerprint density at radius 2 is 2.24 bits per heavy atom. The monoisotopic (exact) mass is 322 g/mol. The minimum absolute atomic E-state index is 0.186. The molecule has 1 unspecified atom stereocenters. The maximum atomic E-state index is 6.51. The van der Waals surface area contributed by atoms with Crippen molar-refractivity contribution in [1.82, 2.24) is 14.1 Å². The zero-order chi connectivity index (χ0) is 14.4. The Kier molecular flexibility index (Phi) is 3.32. The molecule has 6 heteroatoms. The molecule has 21 heavy (non-hydrogen) atoms. The fourth-order valence-electron chi connectivity index (χ4n) is 3.47. The molecule has 1 aromatic carbocycles. The van der Waals surface area contributed by atoms with Gasteiger partial charge in [-0.2, -0.15) is 8.75 Å². The lowest BCUT2D eigenvalue weighted by molar-refractivity contribution is 0.332. The van der Waals surface area contributed by atoms with E-state index in [4.69, 9.17) is 11.6 Å². The van der Waals surface area contributed by atoms with E-state index in [1.165, 1.54) is 24.6 Å². The minimum Gasteiger partial charge on any atom is -0.367 e. The molecule has 1 saturated heterocycles. The van der Waals surface area contributed by atoms with Crippen molar-refractivity contribution in [2.45, 2.75) is 31.7 Å². The number of fused-ring (bicyclic) bond motifs is 1. The summed E-state index contributed by atoms with van der Waals surface area (Å²) in [5.41, 5.74) is 3.15. The van der Waals surface area contributed by atoms with E-state index < -0.39 is 0 Å². The molecule has 0 radical (unpaired) electrons. The summed E-state index contributed by atoms with van der Waals surface area (Å²) in [6.45, 7) is 5.45. The van der Waals surface area contributed by atoms with Crippen LogP contribution in [0.4, 0.5) is 5.69 Å². The molecule has 1 atom stereocenters. The average Bonchev–Trinajstić information content (AvgIpc) is 3.24. The summed E-state index contributed by atoms with van der Waals surface area (Å²) in [6.07, 6.45) is 3.81. The van der Waals surface area contributed by atoms with E-state index in [9.17, 15) is 0 Å². The largest absolute Gasteiger partial charge is 0.367 e. The van der Waals surface area contributed by atoms with Crippen LogP contribution in [0.1, 0.15) is 26.2 Å². The van der Waals surface area contributed by atoms with Gasteiger partial charge in [0.25, 0.3) is 0 Å². The smallest absolute Gasteiger partial charge is 0.129 e. The molecule has 2 fully saturated rings. The van der Waals surface area contributed by atoms with E-state index in [-0.39, 0.29) is 5.54 Å². The number of hydrogen-bond acceptors (Lipinski definition) is 5. The summed E-state index contributed by atoms with van der Waals surface area (Å²) in [4.78, 5) is 2.42. The van der Waals surface area contributed by atoms with Gasteiger partial charge in [0.2, 0.25) is 0 Å². The zero-order valence-corrected chi connectivity index (χ0v) is 13.7. The highest BCUT2D eigenvalue weighted by Crippen LogP contribution is 2.42. The number of aromatic nitrogens is 2. The summed E-state index contributed by atoms with van der Waals surface area (Å²) in [7, 11) is 0. The van der Waals surface area contributed by atoms with Gasteiger partial charge in [0.05, 0.1) is 22.4 Å². The summed E-state index contributed by atoms with van der Waals surface area (Å²) in [5, 5.41) is 4.55. The number of nitrogens with zero attached hydrogens (tertiary/aromatic N) is 3. The Bertz CT molecular complexity index is 669. The van der Waals surface area contributed by atoms with Crippen LogP contribution in [0.25, 0.3) is 11.0 Å². The van der Waals surface area contributed by atoms with Crippen molar-refractivity contribution < 1.29 is 0 Å². The Morgan fingerprint density at radius 3 is 3.05 bits per heavy atom. The van der Waals surface area contributed by atoms with Crippen LogP contribution in [0.3, 0.4) is 0 Å². The topological polar surface area (TPSA) is 41.1 Å². The molecule has 2 heterocycles. The van der Waals surface area contributed by atoms with Gasteiger partial charge in [-0.1, -0.05) is 11.6 Å². The highest BCUT2D eigenvalue weighted by Gasteiger charge is 2.43. The Morgan fingerprint density at radius 1 is 1.38 bits per heavy atom. The average molecular weight is 323 g/mol. The second-order valence-electron chi connectivity index (χ2n) is 6.42. The van der Waals surface area contributed by atoms with Crippen LogP contribution in [-0.4, -0.2) is 33.9 Å². The fourth-order valence-corrected chi connectivity index (χ4v) is 4.28. The van der Waals surface area contributed by atoms with Crippen molar-refractivity contribution in [2.24, 2.45) is 5.92 Å². The molecule has 1 aromatic heterocycles. The molecular formula is C15H19ClN4S. The quantitative estimate of drug-likeness (QED) is 0.921. The van der Waals surface area contributed by atoms with Crippen molar-refractivity contribution in [3.8, 4) is 0 Å². The van der Waals surface area contributed by atoms with Gasteiger partial charge in [-0.3, -0.25) is 0 Å². The summed E-state index contributed by atoms with van der Waals surface area (Å²) < 4.78 is 8.83. The van der Waals surface area contributed by atoms with Crippen LogP contribution >= 0.6 is 23.3 Å². The van der Waals surface area contributed by atoms with E-state index in [0.717, 1.165) is 53.7 Å². The van der Waals surface area contributed by atoms with Gasteiger partial charge >= 0.3 is 0 Å². The molecule has 0 spiro atoms. The highest BCUT2D eigenvalue weighted by atomic mass is 35.5. The standard InChI is InChI=1S/C15H19ClN4S/c1-15(10-3-4-10)9-20(8-2-7-17-15)14-11(16)5-6-12-13(14)19-21-18-12/h5-6,10,17H,2-4,7-9H2,1H3. The second-order valence-corrected chi connectivity index (χ2v) is 7.36. The summed E-state index contributed by atoms with van der Waals surface area (Å²) in [5.74, 6) is 0.796. The molecule has 1 saturated carbocycles. The van der Waals surface area contributed by atoms with Crippen molar-refractivity contribution >= 4 is 40.0 Å². The number of anilines is 1. The maximum absolute atomic E-state index is 6.51. The Hall–Kier alpha value is -0.910. The molecule has 1 aliphatic heterocycles. The summed E-state index contributed by atoms with van der Waals surface area (Å²) in [6, 6.07) is 3.91. The van der Waals surface area contributed by atoms with Gasteiger partial charge in [-0.05, 0) is 50.8 Å². The molecule has 112 valence electrons. The third-order valence-electron chi connectivity index (χ3n) is 4.80. The molecule has 2 aliphatic rings. The lowest BCUT2D eigenvalue weighted by atomic mass is 9.95. The third kappa shape index (κ3) is 2.41. The van der Waals surface area contributed by atoms with Crippen molar-refractivity contribution in [2.75, 3.05) is 24.5 Å². The van der Waals surface area contributed by atoms with Crippen molar-refractivity contribution in [3.05, 3.63) is 17.2 Å². The third-order valence-corrected chi connectivity index (χ3v) is 5.65. The predicted molar refractivity (Wildman–Crippen MR) is 88.4 cm³/mol. The van der Waals surface area contributed by atoms with E-state index in [0.29, 0.717) is 0 Å². The first-order valence-electron chi connectivity index (χ1n) is 7.58. The molecule has 4 rings (SSSR count). The fraction of sp³-hybridized carbons (Fsp3) is 0.600. The predicted octanol–water partition coefficient (Wildman–Crippen LogP) is 3.31. The van der Waals surface area contributed by atoms with Crippen LogP contribution in [0.2, 0.25) is 5.02 Å². The Balaban J connectivity index is 1.76. The van der Waals surface area contributed by atoms with Gasteiger partial charge < -0.3 is 10.2 Å². The number of halogens is 1. The first-order chi connectivity index (χ1) is 10.2.